The van der Waals surface area contributed by atoms with Crippen LogP contribution in [0.5, 0.6) is 0 Å². The van der Waals surface area contributed by atoms with Crippen molar-refractivity contribution in [2.45, 2.75) is 67.4 Å². The van der Waals surface area contributed by atoms with Crippen LogP contribution in [0.3, 0.4) is 0 Å². The molecule has 1 aromatic rings. The highest BCUT2D eigenvalue weighted by Crippen LogP contribution is 2.41. The highest BCUT2D eigenvalue weighted by atomic mass is 79.9. The van der Waals surface area contributed by atoms with Crippen LogP contribution in [0.2, 0.25) is 0 Å². The molecule has 1 aliphatic carbocycles. The van der Waals surface area contributed by atoms with Gasteiger partial charge < -0.3 is 5.11 Å². The van der Waals surface area contributed by atoms with E-state index in [1.54, 1.807) is 0 Å². The molecule has 1 aliphatic rings. The molecule has 0 spiro atoms. The molecule has 128 valence electrons. The Bertz CT molecular complexity index is 493. The summed E-state index contributed by atoms with van der Waals surface area (Å²) in [7, 11) is 0. The van der Waals surface area contributed by atoms with Crippen molar-refractivity contribution >= 4 is 37.8 Å². The average molecular weight is 446 g/mol. The Morgan fingerprint density at radius 2 is 1.78 bits per heavy atom. The molecule has 0 amide bonds. The van der Waals surface area contributed by atoms with Crippen LogP contribution in [0, 0.1) is 5.92 Å². The van der Waals surface area contributed by atoms with Crippen molar-refractivity contribution in [1.29, 1.82) is 0 Å². The van der Waals surface area contributed by atoms with Crippen molar-refractivity contribution in [2.24, 2.45) is 5.92 Å². The van der Waals surface area contributed by atoms with Gasteiger partial charge in [0.15, 0.2) is 0 Å². The Morgan fingerprint density at radius 1 is 1.17 bits per heavy atom. The van der Waals surface area contributed by atoms with E-state index in [4.69, 9.17) is 5.11 Å². The predicted molar refractivity (Wildman–Crippen MR) is 103 cm³/mol. The zero-order valence-electron chi connectivity index (χ0n) is 13.7. The van der Waals surface area contributed by atoms with Crippen molar-refractivity contribution in [3.63, 3.8) is 0 Å². The molecule has 0 heterocycles. The smallest absolute Gasteiger partial charge is 0.307 e. The SMILES string of the molecule is CCCC(Br)C(Br)[C@H]1CC[C@H](c2ccc(CC(=O)O)cc2)CC1. The number of hydrogen-bond acceptors (Lipinski definition) is 1. The molecule has 4 heteroatoms. The quantitative estimate of drug-likeness (QED) is 0.529. The molecular weight excluding hydrogens is 420 g/mol. The summed E-state index contributed by atoms with van der Waals surface area (Å²) in [6.07, 6.45) is 7.56. The molecule has 2 rings (SSSR count). The Hall–Kier alpha value is -0.350. The molecule has 1 N–H and O–H groups in total. The molecule has 1 fully saturated rings. The van der Waals surface area contributed by atoms with Gasteiger partial charge >= 0.3 is 5.97 Å². The third kappa shape index (κ3) is 5.60. The summed E-state index contributed by atoms with van der Waals surface area (Å²) in [5.41, 5.74) is 2.25. The third-order valence-corrected chi connectivity index (χ3v) is 8.06. The number of halogens is 2. The minimum absolute atomic E-state index is 0.113. The van der Waals surface area contributed by atoms with E-state index in [1.165, 1.54) is 44.1 Å². The number of aliphatic carboxylic acids is 1. The van der Waals surface area contributed by atoms with Gasteiger partial charge in [-0.15, -0.1) is 0 Å². The van der Waals surface area contributed by atoms with Crippen molar-refractivity contribution < 1.29 is 9.90 Å². The van der Waals surface area contributed by atoms with E-state index in [0.29, 0.717) is 15.6 Å². The number of carboxylic acids is 1. The lowest BCUT2D eigenvalue weighted by Crippen LogP contribution is -2.27. The summed E-state index contributed by atoms with van der Waals surface area (Å²) in [6.45, 7) is 2.24. The Labute approximate surface area is 156 Å². The van der Waals surface area contributed by atoms with Crippen LogP contribution in [-0.4, -0.2) is 20.7 Å². The minimum atomic E-state index is -0.766. The van der Waals surface area contributed by atoms with Gasteiger partial charge in [-0.3, -0.25) is 4.79 Å². The summed E-state index contributed by atoms with van der Waals surface area (Å²) < 4.78 is 0. The third-order valence-electron chi connectivity index (χ3n) is 4.94. The molecule has 0 bridgehead atoms. The van der Waals surface area contributed by atoms with Gasteiger partial charge in [0.2, 0.25) is 0 Å². The van der Waals surface area contributed by atoms with Crippen LogP contribution < -0.4 is 0 Å². The van der Waals surface area contributed by atoms with Crippen LogP contribution in [-0.2, 0) is 11.2 Å². The van der Waals surface area contributed by atoms with Gasteiger partial charge in [0.1, 0.15) is 0 Å². The van der Waals surface area contributed by atoms with E-state index in [-0.39, 0.29) is 6.42 Å². The van der Waals surface area contributed by atoms with Crippen LogP contribution >= 0.6 is 31.9 Å². The van der Waals surface area contributed by atoms with Crippen LogP contribution in [0.15, 0.2) is 24.3 Å². The number of benzene rings is 1. The monoisotopic (exact) mass is 444 g/mol. The van der Waals surface area contributed by atoms with Crippen molar-refractivity contribution in [1.82, 2.24) is 0 Å². The largest absolute Gasteiger partial charge is 0.481 e. The highest BCUT2D eigenvalue weighted by molar-refractivity contribution is 9.12. The summed E-state index contributed by atoms with van der Waals surface area (Å²) in [6, 6.07) is 8.19. The lowest BCUT2D eigenvalue weighted by molar-refractivity contribution is -0.136. The number of carbonyl (C=O) groups is 1. The number of hydrogen-bond donors (Lipinski definition) is 1. The first kappa shape index (κ1) is 19.0. The number of carboxylic acid groups (broad SMARTS) is 1. The molecule has 0 aromatic heterocycles. The molecule has 1 saturated carbocycles. The highest BCUT2D eigenvalue weighted by Gasteiger charge is 2.30. The fraction of sp³-hybridized carbons (Fsp3) is 0.632. The zero-order chi connectivity index (χ0) is 16.8. The Morgan fingerprint density at radius 3 is 2.30 bits per heavy atom. The first-order valence-electron chi connectivity index (χ1n) is 8.60. The second-order valence-corrected chi connectivity index (χ2v) is 8.91. The zero-order valence-corrected chi connectivity index (χ0v) is 16.9. The van der Waals surface area contributed by atoms with Gasteiger partial charge in [0.05, 0.1) is 6.42 Å². The lowest BCUT2D eigenvalue weighted by atomic mass is 9.77. The maximum absolute atomic E-state index is 10.7. The topological polar surface area (TPSA) is 37.3 Å². The standard InChI is InChI=1S/C19H26Br2O2/c1-2-3-17(20)19(21)16-10-8-15(9-11-16)14-6-4-13(5-7-14)12-18(22)23/h4-7,15-17,19H,2-3,8-12H2,1H3,(H,22,23)/t15-,16-,17?,19?. The molecule has 2 nitrogen and oxygen atoms in total. The second-order valence-electron chi connectivity index (χ2n) is 6.67. The molecule has 0 aliphatic heterocycles. The first-order chi connectivity index (χ1) is 11.0. The lowest BCUT2D eigenvalue weighted by Gasteiger charge is -2.33. The van der Waals surface area contributed by atoms with E-state index in [1.807, 2.05) is 12.1 Å². The molecule has 2 atom stereocenters. The van der Waals surface area contributed by atoms with E-state index in [2.05, 4.69) is 50.9 Å². The molecule has 1 aromatic carbocycles. The number of rotatable bonds is 7. The van der Waals surface area contributed by atoms with Crippen molar-refractivity contribution in [3.8, 4) is 0 Å². The molecule has 0 radical (unpaired) electrons. The molecule has 23 heavy (non-hydrogen) atoms. The summed E-state index contributed by atoms with van der Waals surface area (Å²) in [5.74, 6) is 0.622. The minimum Gasteiger partial charge on any atom is -0.481 e. The fourth-order valence-electron chi connectivity index (χ4n) is 3.58. The predicted octanol–water partition coefficient (Wildman–Crippen LogP) is 5.91. The number of alkyl halides is 2. The van der Waals surface area contributed by atoms with Crippen molar-refractivity contribution in [2.75, 3.05) is 0 Å². The average Bonchev–Trinajstić information content (AvgIpc) is 2.55. The van der Waals surface area contributed by atoms with Gasteiger partial charge in [-0.1, -0.05) is 69.5 Å². The first-order valence-corrected chi connectivity index (χ1v) is 10.4. The van der Waals surface area contributed by atoms with E-state index < -0.39 is 5.97 Å². The molecule has 0 saturated heterocycles. The maximum Gasteiger partial charge on any atom is 0.307 e. The van der Waals surface area contributed by atoms with Crippen LogP contribution in [0.4, 0.5) is 0 Å². The second kappa shape index (κ2) is 9.22. The summed E-state index contributed by atoms with van der Waals surface area (Å²) >= 11 is 7.74. The van der Waals surface area contributed by atoms with Crippen LogP contribution in [0.1, 0.15) is 62.5 Å². The van der Waals surface area contributed by atoms with Gasteiger partial charge in [-0.2, -0.15) is 0 Å². The van der Waals surface area contributed by atoms with Gasteiger partial charge in [0, 0.05) is 9.65 Å². The van der Waals surface area contributed by atoms with E-state index in [9.17, 15) is 4.79 Å². The van der Waals surface area contributed by atoms with Gasteiger partial charge in [-0.25, -0.2) is 0 Å². The Kier molecular flexibility index (Phi) is 7.61. The Balaban J connectivity index is 1.87. The van der Waals surface area contributed by atoms with E-state index in [0.717, 1.165) is 11.5 Å². The normalized spacial score (nSPS) is 24.1. The maximum atomic E-state index is 10.7. The van der Waals surface area contributed by atoms with Gasteiger partial charge in [0.25, 0.3) is 0 Å². The van der Waals surface area contributed by atoms with Gasteiger partial charge in [-0.05, 0) is 55.1 Å². The summed E-state index contributed by atoms with van der Waals surface area (Å²) in [5, 5.41) is 8.84. The summed E-state index contributed by atoms with van der Waals surface area (Å²) in [4.78, 5) is 11.9. The molecular formula is C19H26Br2O2. The fourth-order valence-corrected chi connectivity index (χ4v) is 5.27. The molecule has 2 unspecified atom stereocenters. The van der Waals surface area contributed by atoms with Crippen molar-refractivity contribution in [3.05, 3.63) is 35.4 Å². The van der Waals surface area contributed by atoms with Crippen LogP contribution in [0.25, 0.3) is 0 Å². The van der Waals surface area contributed by atoms with E-state index >= 15 is 0 Å².